The number of benzene rings is 3. The molecule has 3 aromatic rings. The van der Waals surface area contributed by atoms with Gasteiger partial charge >= 0.3 is 6.36 Å². The number of ether oxygens (including phenoxy) is 1. The molecule has 0 N–H and O–H groups in total. The first-order valence-electron chi connectivity index (χ1n) is 10.7. The second-order valence-corrected chi connectivity index (χ2v) is 8.39. The van der Waals surface area contributed by atoms with Crippen molar-refractivity contribution >= 4 is 11.4 Å². The summed E-state index contributed by atoms with van der Waals surface area (Å²) in [4.78, 5) is 6.90. The topological polar surface area (TPSA) is 65.5 Å². The maximum Gasteiger partial charge on any atom is 0.573 e. The fraction of sp³-hybridized carbons (Fsp3) is 0.143. The highest BCUT2D eigenvalue weighted by atomic mass is 19.4. The molecule has 0 aliphatic heterocycles. The Labute approximate surface area is 203 Å². The lowest BCUT2D eigenvalue weighted by Crippen LogP contribution is -2.25. The molecule has 0 bridgehead atoms. The normalized spacial score (nSPS) is 14.1. The molecule has 0 saturated carbocycles. The molecule has 0 saturated heterocycles. The monoisotopic (exact) mass is 478 g/mol. The summed E-state index contributed by atoms with van der Waals surface area (Å²) in [5.74, 6) is -0.396. The molecule has 0 radical (unpaired) electrons. The number of nitriles is 2. The van der Waals surface area contributed by atoms with Gasteiger partial charge < -0.3 is 4.74 Å². The van der Waals surface area contributed by atoms with Crippen LogP contribution in [0.1, 0.15) is 27.8 Å². The minimum Gasteiger partial charge on any atom is -0.405 e. The van der Waals surface area contributed by atoms with Gasteiger partial charge in [0.25, 0.3) is 11.4 Å². The van der Waals surface area contributed by atoms with Gasteiger partial charge in [-0.2, -0.15) is 0 Å². The number of hydrogen-bond acceptors (Lipinski definition) is 3. The Morgan fingerprint density at radius 2 is 1.36 bits per heavy atom. The summed E-state index contributed by atoms with van der Waals surface area (Å²) in [5.41, 5.74) is 4.96. The number of aryl methyl sites for hydroxylation is 1. The van der Waals surface area contributed by atoms with Gasteiger partial charge in [0.1, 0.15) is 5.75 Å². The first kappa shape index (κ1) is 22.7. The van der Waals surface area contributed by atoms with Gasteiger partial charge in [-0.15, -0.1) is 13.2 Å². The summed E-state index contributed by atoms with van der Waals surface area (Å²) >= 11 is 0. The maximum absolute atomic E-state index is 13.2. The standard InChI is InChI=1S/C28H13F3N4O/c1-14-6-4-7-15-17(14)10-19-24(21(12-32)34-2)20-11-18-16(8-5-9-23(18)36-28(29,30)31)26(20)27(25(15)19)22(13-33)35-3/h4-9H,10-11H2,1H3/b24-21+,27-22+. The van der Waals surface area contributed by atoms with Crippen molar-refractivity contribution in [1.29, 1.82) is 10.5 Å². The van der Waals surface area contributed by atoms with Crippen molar-refractivity contribution in [2.75, 3.05) is 0 Å². The second kappa shape index (κ2) is 8.02. The van der Waals surface area contributed by atoms with Crippen LogP contribution in [0.2, 0.25) is 0 Å². The van der Waals surface area contributed by atoms with Gasteiger partial charge in [0.05, 0.1) is 25.3 Å². The van der Waals surface area contributed by atoms with Gasteiger partial charge in [-0.05, 0) is 69.1 Å². The van der Waals surface area contributed by atoms with Crippen molar-refractivity contribution in [3.05, 3.63) is 97.5 Å². The second-order valence-electron chi connectivity index (χ2n) is 8.39. The zero-order valence-electron chi connectivity index (χ0n) is 18.7. The number of alkyl halides is 3. The van der Waals surface area contributed by atoms with Gasteiger partial charge in [0, 0.05) is 17.2 Å². The predicted octanol–water partition coefficient (Wildman–Crippen LogP) is 5.14. The van der Waals surface area contributed by atoms with E-state index < -0.39 is 12.1 Å². The van der Waals surface area contributed by atoms with Crippen molar-refractivity contribution in [2.24, 2.45) is 0 Å². The molecule has 5 nitrogen and oxygen atoms in total. The molecule has 0 aromatic heterocycles. The van der Waals surface area contributed by atoms with E-state index in [1.165, 1.54) is 12.1 Å². The Morgan fingerprint density at radius 3 is 1.92 bits per heavy atom. The van der Waals surface area contributed by atoms with Gasteiger partial charge in [-0.3, -0.25) is 0 Å². The van der Waals surface area contributed by atoms with Crippen LogP contribution >= 0.6 is 0 Å². The van der Waals surface area contributed by atoms with Crippen molar-refractivity contribution in [3.8, 4) is 40.1 Å². The third-order valence-corrected chi connectivity index (χ3v) is 6.63. The molecule has 0 heterocycles. The van der Waals surface area contributed by atoms with E-state index in [0.717, 1.165) is 16.7 Å². The SMILES string of the molecule is [C-]#[N+]/C(C#N)=c1\c2c(/c(=C(/C#N)[N+]#[C-])c3c1Cc1c(OC(F)(F)F)cccc1-3)-c1cccc(C)c1C2. The van der Waals surface area contributed by atoms with Crippen LogP contribution in [0.4, 0.5) is 13.2 Å². The number of fused-ring (bicyclic) bond motifs is 6. The molecule has 172 valence electrons. The molecule has 2 aliphatic carbocycles. The van der Waals surface area contributed by atoms with Gasteiger partial charge in [0.2, 0.25) is 0 Å². The van der Waals surface area contributed by atoms with Crippen LogP contribution < -0.4 is 15.2 Å². The molecule has 3 aromatic carbocycles. The van der Waals surface area contributed by atoms with Gasteiger partial charge in [-0.1, -0.05) is 30.3 Å². The summed E-state index contributed by atoms with van der Waals surface area (Å²) in [7, 11) is 0. The summed E-state index contributed by atoms with van der Waals surface area (Å²) in [6, 6.07) is 13.8. The van der Waals surface area contributed by atoms with Gasteiger partial charge in [0.15, 0.2) is 0 Å². The van der Waals surface area contributed by atoms with Crippen LogP contribution in [0.15, 0.2) is 36.4 Å². The fourth-order valence-corrected chi connectivity index (χ4v) is 5.33. The van der Waals surface area contributed by atoms with Crippen LogP contribution in [0.3, 0.4) is 0 Å². The molecule has 0 fully saturated rings. The van der Waals surface area contributed by atoms with E-state index in [1.54, 1.807) is 6.07 Å². The lowest BCUT2D eigenvalue weighted by molar-refractivity contribution is -0.274. The van der Waals surface area contributed by atoms with E-state index >= 15 is 0 Å². The van der Waals surface area contributed by atoms with Crippen LogP contribution in [0.25, 0.3) is 43.3 Å². The van der Waals surface area contributed by atoms with E-state index in [2.05, 4.69) is 14.4 Å². The molecule has 0 spiro atoms. The van der Waals surface area contributed by atoms with Crippen LogP contribution in [0.5, 0.6) is 5.75 Å². The van der Waals surface area contributed by atoms with Crippen molar-refractivity contribution in [3.63, 3.8) is 0 Å². The van der Waals surface area contributed by atoms with Crippen LogP contribution in [-0.2, 0) is 12.8 Å². The highest BCUT2D eigenvalue weighted by molar-refractivity contribution is 5.94. The van der Waals surface area contributed by atoms with Crippen molar-refractivity contribution in [1.82, 2.24) is 0 Å². The molecule has 2 aliphatic rings. The Morgan fingerprint density at radius 1 is 0.833 bits per heavy atom. The Bertz CT molecular complexity index is 1770. The zero-order chi connectivity index (χ0) is 25.8. The van der Waals surface area contributed by atoms with Crippen LogP contribution in [-0.4, -0.2) is 6.36 Å². The van der Waals surface area contributed by atoms with E-state index in [0.29, 0.717) is 44.7 Å². The first-order valence-corrected chi connectivity index (χ1v) is 10.7. The first-order chi connectivity index (χ1) is 17.2. The minimum atomic E-state index is -4.92. The Kier molecular flexibility index (Phi) is 5.06. The molecule has 5 rings (SSSR count). The molecular formula is C28H13F3N4O. The average molecular weight is 478 g/mol. The van der Waals surface area contributed by atoms with E-state index in [-0.39, 0.29) is 23.4 Å². The minimum absolute atomic E-state index is 0.0424. The molecular weight excluding hydrogens is 465 g/mol. The van der Waals surface area contributed by atoms with E-state index in [4.69, 9.17) is 13.1 Å². The maximum atomic E-state index is 13.2. The fourth-order valence-electron chi connectivity index (χ4n) is 5.33. The quantitative estimate of drug-likeness (QED) is 0.314. The smallest absolute Gasteiger partial charge is 0.405 e. The van der Waals surface area contributed by atoms with Crippen molar-refractivity contribution < 1.29 is 17.9 Å². The summed E-state index contributed by atoms with van der Waals surface area (Å²) in [6.07, 6.45) is -4.60. The molecule has 36 heavy (non-hydrogen) atoms. The Balaban J connectivity index is 2.06. The lowest BCUT2D eigenvalue weighted by Gasteiger charge is -2.14. The molecule has 8 heteroatoms. The molecule has 0 atom stereocenters. The highest BCUT2D eigenvalue weighted by Crippen LogP contribution is 2.44. The number of nitrogens with zero attached hydrogens (tertiary/aromatic N) is 4. The van der Waals surface area contributed by atoms with E-state index in [9.17, 15) is 23.7 Å². The average Bonchev–Trinajstić information content (AvgIpc) is 3.41. The summed E-state index contributed by atoms with van der Waals surface area (Å²) in [6.45, 7) is 17.3. The predicted molar refractivity (Wildman–Crippen MR) is 125 cm³/mol. The summed E-state index contributed by atoms with van der Waals surface area (Å²) < 4.78 is 43.8. The van der Waals surface area contributed by atoms with Gasteiger partial charge in [-0.25, -0.2) is 20.2 Å². The molecule has 0 unspecified atom stereocenters. The third-order valence-electron chi connectivity index (χ3n) is 6.63. The van der Waals surface area contributed by atoms with Crippen molar-refractivity contribution in [2.45, 2.75) is 26.1 Å². The highest BCUT2D eigenvalue weighted by Gasteiger charge is 2.36. The zero-order valence-corrected chi connectivity index (χ0v) is 18.7. The third kappa shape index (κ3) is 3.21. The number of halogens is 3. The number of rotatable bonds is 1. The number of hydrogen-bond donors (Lipinski definition) is 0. The van der Waals surface area contributed by atoms with Crippen LogP contribution in [0, 0.1) is 42.7 Å². The Hall–Kier alpha value is -5.05. The van der Waals surface area contributed by atoms with E-state index in [1.807, 2.05) is 37.3 Å². The molecule has 0 amide bonds. The lowest BCUT2D eigenvalue weighted by atomic mass is 9.90. The largest absolute Gasteiger partial charge is 0.573 e. The summed E-state index contributed by atoms with van der Waals surface area (Å²) in [5, 5.41) is 20.4.